The van der Waals surface area contributed by atoms with E-state index in [0.29, 0.717) is 11.2 Å². The van der Waals surface area contributed by atoms with Gasteiger partial charge in [0.1, 0.15) is 0 Å². The van der Waals surface area contributed by atoms with Gasteiger partial charge < -0.3 is 15.4 Å². The minimum atomic E-state index is -0.147. The molecule has 0 saturated heterocycles. The molecule has 1 aromatic carbocycles. The summed E-state index contributed by atoms with van der Waals surface area (Å²) in [4.78, 5) is 16.6. The SMILES string of the molecule is CN=C(NCCCCC(=O)OC)NCC1(Sc2ccccc2)CC1.I. The summed E-state index contributed by atoms with van der Waals surface area (Å²) in [6.45, 7) is 1.71. The predicted octanol–water partition coefficient (Wildman–Crippen LogP) is 3.44. The maximum Gasteiger partial charge on any atom is 0.305 e. The van der Waals surface area contributed by atoms with Crippen LogP contribution in [0.25, 0.3) is 0 Å². The smallest absolute Gasteiger partial charge is 0.305 e. The molecule has 0 radical (unpaired) electrons. The van der Waals surface area contributed by atoms with Crippen LogP contribution in [0.1, 0.15) is 32.1 Å². The summed E-state index contributed by atoms with van der Waals surface area (Å²) < 4.78 is 4.93. The number of carbonyl (C=O) groups is 1. The summed E-state index contributed by atoms with van der Waals surface area (Å²) in [5.74, 6) is 0.680. The highest BCUT2D eigenvalue weighted by molar-refractivity contribution is 14.0. The van der Waals surface area contributed by atoms with E-state index in [9.17, 15) is 4.79 Å². The molecule has 1 aliphatic carbocycles. The van der Waals surface area contributed by atoms with Gasteiger partial charge in [-0.05, 0) is 37.8 Å². The molecule has 1 fully saturated rings. The Morgan fingerprint density at radius 2 is 1.96 bits per heavy atom. The summed E-state index contributed by atoms with van der Waals surface area (Å²) >= 11 is 1.95. The Bertz CT molecular complexity index is 551. The lowest BCUT2D eigenvalue weighted by atomic mass is 10.2. The van der Waals surface area contributed by atoms with Gasteiger partial charge in [-0.1, -0.05) is 18.2 Å². The number of aliphatic imine (C=N–C) groups is 1. The zero-order chi connectivity index (χ0) is 17.3. The maximum atomic E-state index is 11.1. The average Bonchev–Trinajstić information content (AvgIpc) is 3.37. The molecule has 1 aromatic rings. The Hall–Kier alpha value is -0.960. The van der Waals surface area contributed by atoms with Crippen LogP contribution in [0.4, 0.5) is 0 Å². The van der Waals surface area contributed by atoms with E-state index in [1.807, 2.05) is 17.8 Å². The van der Waals surface area contributed by atoms with Crippen molar-refractivity contribution in [3.05, 3.63) is 30.3 Å². The molecule has 2 N–H and O–H groups in total. The number of nitrogens with one attached hydrogen (secondary N) is 2. The Balaban J connectivity index is 0.00000312. The van der Waals surface area contributed by atoms with E-state index in [1.165, 1.54) is 24.8 Å². The number of esters is 1. The number of rotatable bonds is 9. The minimum Gasteiger partial charge on any atom is -0.469 e. The second-order valence-electron chi connectivity index (χ2n) is 5.98. The van der Waals surface area contributed by atoms with E-state index in [4.69, 9.17) is 0 Å². The number of benzene rings is 1. The largest absolute Gasteiger partial charge is 0.469 e. The number of unbranched alkanes of at least 4 members (excludes halogenated alkanes) is 1. The fraction of sp³-hybridized carbons (Fsp3) is 0.556. The highest BCUT2D eigenvalue weighted by atomic mass is 127. The molecule has 5 nitrogen and oxygen atoms in total. The molecular weight excluding hydrogens is 449 g/mol. The number of ether oxygens (including phenoxy) is 1. The Kier molecular flexibility index (Phi) is 10.3. The van der Waals surface area contributed by atoms with Gasteiger partial charge in [0, 0.05) is 36.2 Å². The van der Waals surface area contributed by atoms with E-state index in [2.05, 4.69) is 44.6 Å². The Morgan fingerprint density at radius 1 is 1.24 bits per heavy atom. The van der Waals surface area contributed by atoms with Crippen LogP contribution >= 0.6 is 35.7 Å². The predicted molar refractivity (Wildman–Crippen MR) is 115 cm³/mol. The van der Waals surface area contributed by atoms with Crippen LogP contribution in [0.3, 0.4) is 0 Å². The lowest BCUT2D eigenvalue weighted by Crippen LogP contribution is -2.41. The first-order chi connectivity index (χ1) is 11.7. The van der Waals surface area contributed by atoms with Crippen LogP contribution in [-0.2, 0) is 9.53 Å². The molecule has 0 aromatic heterocycles. The Labute approximate surface area is 171 Å². The molecule has 0 atom stereocenters. The Morgan fingerprint density at radius 3 is 2.56 bits per heavy atom. The highest BCUT2D eigenvalue weighted by Crippen LogP contribution is 2.51. The number of nitrogens with zero attached hydrogens (tertiary/aromatic N) is 1. The summed E-state index contributed by atoms with van der Waals surface area (Å²) in [7, 11) is 3.21. The van der Waals surface area contributed by atoms with Crippen molar-refractivity contribution in [2.75, 3.05) is 27.2 Å². The van der Waals surface area contributed by atoms with Crippen LogP contribution in [0.15, 0.2) is 40.2 Å². The van der Waals surface area contributed by atoms with E-state index >= 15 is 0 Å². The van der Waals surface area contributed by atoms with Gasteiger partial charge in [0.25, 0.3) is 0 Å². The quantitative estimate of drug-likeness (QED) is 0.188. The van der Waals surface area contributed by atoms with Crippen molar-refractivity contribution in [3.8, 4) is 0 Å². The van der Waals surface area contributed by atoms with Gasteiger partial charge >= 0.3 is 5.97 Å². The molecule has 0 aliphatic heterocycles. The van der Waals surface area contributed by atoms with Gasteiger partial charge in [0.05, 0.1) is 7.11 Å². The number of hydrogen-bond acceptors (Lipinski definition) is 4. The van der Waals surface area contributed by atoms with E-state index < -0.39 is 0 Å². The molecule has 0 spiro atoms. The summed E-state index contributed by atoms with van der Waals surface area (Å²) in [5, 5.41) is 6.73. The second kappa shape index (κ2) is 11.6. The third-order valence-corrected chi connectivity index (χ3v) is 5.51. The van der Waals surface area contributed by atoms with Crippen LogP contribution < -0.4 is 10.6 Å². The zero-order valence-electron chi connectivity index (χ0n) is 14.9. The fourth-order valence-corrected chi connectivity index (χ4v) is 3.61. The van der Waals surface area contributed by atoms with Gasteiger partial charge in [0.15, 0.2) is 5.96 Å². The zero-order valence-corrected chi connectivity index (χ0v) is 18.1. The van der Waals surface area contributed by atoms with Crippen molar-refractivity contribution < 1.29 is 9.53 Å². The topological polar surface area (TPSA) is 62.7 Å². The molecule has 25 heavy (non-hydrogen) atoms. The van der Waals surface area contributed by atoms with Gasteiger partial charge in [-0.15, -0.1) is 35.7 Å². The number of hydrogen-bond donors (Lipinski definition) is 2. The molecule has 1 aliphatic rings. The van der Waals surface area contributed by atoms with Gasteiger partial charge in [-0.25, -0.2) is 0 Å². The van der Waals surface area contributed by atoms with Crippen molar-refractivity contribution in [2.24, 2.45) is 4.99 Å². The van der Waals surface area contributed by atoms with Crippen molar-refractivity contribution in [3.63, 3.8) is 0 Å². The number of methoxy groups -OCH3 is 1. The normalized spacial score (nSPS) is 15.0. The fourth-order valence-electron chi connectivity index (χ4n) is 2.36. The third kappa shape index (κ3) is 8.31. The molecule has 0 unspecified atom stereocenters. The summed E-state index contributed by atoms with van der Waals surface area (Å²) in [6, 6.07) is 10.5. The number of thioether (sulfide) groups is 1. The van der Waals surface area contributed by atoms with Gasteiger partial charge in [-0.3, -0.25) is 9.79 Å². The summed E-state index contributed by atoms with van der Waals surface area (Å²) in [5.41, 5.74) is 0. The molecule has 1 saturated carbocycles. The second-order valence-corrected chi connectivity index (χ2v) is 7.53. The van der Waals surface area contributed by atoms with Crippen molar-refractivity contribution >= 4 is 47.7 Å². The first-order valence-corrected chi connectivity index (χ1v) is 9.24. The molecule has 0 heterocycles. The molecule has 140 valence electrons. The first-order valence-electron chi connectivity index (χ1n) is 8.43. The van der Waals surface area contributed by atoms with Crippen LogP contribution in [0.5, 0.6) is 0 Å². The van der Waals surface area contributed by atoms with Crippen molar-refractivity contribution in [1.29, 1.82) is 0 Å². The highest BCUT2D eigenvalue weighted by Gasteiger charge is 2.43. The van der Waals surface area contributed by atoms with Crippen molar-refractivity contribution in [2.45, 2.75) is 41.7 Å². The first kappa shape index (κ1) is 22.1. The van der Waals surface area contributed by atoms with E-state index in [-0.39, 0.29) is 29.9 Å². The van der Waals surface area contributed by atoms with E-state index in [0.717, 1.165) is 31.9 Å². The monoisotopic (exact) mass is 477 g/mol. The lowest BCUT2D eigenvalue weighted by molar-refractivity contribution is -0.140. The molecule has 2 rings (SSSR count). The molecule has 7 heteroatoms. The molecule has 0 amide bonds. The number of halogens is 1. The maximum absolute atomic E-state index is 11.1. The van der Waals surface area contributed by atoms with Crippen LogP contribution in [0.2, 0.25) is 0 Å². The third-order valence-electron chi connectivity index (χ3n) is 4.01. The van der Waals surface area contributed by atoms with Crippen LogP contribution in [0, 0.1) is 0 Å². The minimum absolute atomic E-state index is 0. The standard InChI is InChI=1S/C18H27N3O2S.HI/c1-19-17(20-13-7-6-10-16(22)23-2)21-14-18(11-12-18)24-15-8-4-3-5-9-15;/h3-5,8-9H,6-7,10-14H2,1-2H3,(H2,19,20,21);1H. The number of guanidine groups is 1. The lowest BCUT2D eigenvalue weighted by Gasteiger charge is -2.18. The summed E-state index contributed by atoms with van der Waals surface area (Å²) in [6.07, 6.45) is 4.68. The van der Waals surface area contributed by atoms with E-state index in [1.54, 1.807) is 7.05 Å². The average molecular weight is 477 g/mol. The van der Waals surface area contributed by atoms with Crippen molar-refractivity contribution in [1.82, 2.24) is 10.6 Å². The molecular formula is C18H28IN3O2S. The number of carbonyl (C=O) groups excluding carboxylic acids is 1. The van der Waals surface area contributed by atoms with Gasteiger partial charge in [-0.2, -0.15) is 0 Å². The van der Waals surface area contributed by atoms with Crippen LogP contribution in [-0.4, -0.2) is 43.9 Å². The van der Waals surface area contributed by atoms with Gasteiger partial charge in [0.2, 0.25) is 0 Å². The molecule has 0 bridgehead atoms.